The first kappa shape index (κ1) is 79.1. The topological polar surface area (TPSA) is 108 Å². The Labute approximate surface area is 519 Å². The molecule has 0 aliphatic carbocycles. The molecule has 0 saturated carbocycles. The van der Waals surface area contributed by atoms with E-state index >= 15 is 0 Å². The number of nitrogens with zero attached hydrogens (tertiary/aromatic N) is 1. The van der Waals surface area contributed by atoms with Crippen LogP contribution in [0.5, 0.6) is 0 Å². The predicted molar refractivity (Wildman–Crippen MR) is 363 cm³/mol. The largest absolute Gasteiger partial charge is 0.477 e. The highest BCUT2D eigenvalue weighted by Crippen LogP contribution is 2.13. The molecule has 0 aliphatic rings. The van der Waals surface area contributed by atoms with Gasteiger partial charge in [0.2, 0.25) is 0 Å². The van der Waals surface area contributed by atoms with Gasteiger partial charge in [-0.1, -0.05) is 247 Å². The molecule has 9 nitrogen and oxygen atoms in total. The van der Waals surface area contributed by atoms with Gasteiger partial charge < -0.3 is 28.5 Å². The van der Waals surface area contributed by atoms with Crippen LogP contribution in [0.4, 0.5) is 0 Å². The van der Waals surface area contributed by atoms with Crippen molar-refractivity contribution in [2.24, 2.45) is 0 Å². The van der Waals surface area contributed by atoms with Gasteiger partial charge in [-0.15, -0.1) is 0 Å². The maximum atomic E-state index is 12.9. The smallest absolute Gasteiger partial charge is 0.361 e. The molecule has 0 spiro atoms. The summed E-state index contributed by atoms with van der Waals surface area (Å²) in [6.07, 6.45) is 96.6. The number of likely N-dealkylation sites (N-methyl/N-ethyl adjacent to an activating group) is 1. The van der Waals surface area contributed by atoms with E-state index in [4.69, 9.17) is 18.9 Å². The lowest BCUT2D eigenvalue weighted by atomic mass is 10.1. The first-order valence-electron chi connectivity index (χ1n) is 32.6. The first-order valence-corrected chi connectivity index (χ1v) is 32.6. The molecule has 2 unspecified atom stereocenters. The molecule has 0 aliphatic heterocycles. The Hall–Kier alpha value is -5.87. The van der Waals surface area contributed by atoms with Crippen LogP contribution in [0.1, 0.15) is 206 Å². The minimum Gasteiger partial charge on any atom is -0.477 e. The van der Waals surface area contributed by atoms with Crippen LogP contribution in [0.2, 0.25) is 0 Å². The van der Waals surface area contributed by atoms with Gasteiger partial charge in [-0.2, -0.15) is 0 Å². The molecule has 0 amide bonds. The molecule has 0 aromatic rings. The SMILES string of the molecule is CC/C=C\C/C=C\C/C=C\C/C=C\C/C=C\C/C=C\C/C=C\C/C=C\C/C=C\C/C=C\C/C=C\CCCCCC(=O)OC(COC(=O)CCCCCCCCC/C=C\C/C=C\C/C=C\C/C=C\C/C=C\CC)COC(OCC[N+](C)(C)C)C(=O)O. The third-order valence-electron chi connectivity index (χ3n) is 12.8. The average molecular weight is 1170 g/mol. The van der Waals surface area contributed by atoms with E-state index < -0.39 is 24.3 Å². The molecular weight excluding hydrogens is 1050 g/mol. The Balaban J connectivity index is 4.34. The van der Waals surface area contributed by atoms with Gasteiger partial charge in [0, 0.05) is 12.8 Å². The van der Waals surface area contributed by atoms with Gasteiger partial charge in [0.25, 0.3) is 6.29 Å². The summed E-state index contributed by atoms with van der Waals surface area (Å²) in [5, 5.41) is 9.73. The van der Waals surface area contributed by atoms with E-state index in [1.165, 1.54) is 19.3 Å². The minimum atomic E-state index is -1.54. The molecule has 0 bridgehead atoms. The molecule has 0 heterocycles. The van der Waals surface area contributed by atoms with E-state index in [1.807, 2.05) is 21.1 Å². The summed E-state index contributed by atoms with van der Waals surface area (Å²) in [6.45, 7) is 4.56. The van der Waals surface area contributed by atoms with Crippen LogP contribution in [0.25, 0.3) is 0 Å². The number of quaternary nitrogens is 1. The van der Waals surface area contributed by atoms with Gasteiger partial charge in [-0.3, -0.25) is 9.59 Å². The fraction of sp³-hybridized carbons (Fsp3) is 0.539. The van der Waals surface area contributed by atoms with Crippen molar-refractivity contribution >= 4 is 17.9 Å². The summed E-state index contributed by atoms with van der Waals surface area (Å²) in [4.78, 5) is 37.5. The number of esters is 2. The minimum absolute atomic E-state index is 0.167. The molecule has 0 saturated heterocycles. The van der Waals surface area contributed by atoms with Crippen molar-refractivity contribution in [1.82, 2.24) is 0 Å². The second kappa shape index (κ2) is 64.1. The van der Waals surface area contributed by atoms with Gasteiger partial charge >= 0.3 is 17.9 Å². The Morgan fingerprint density at radius 3 is 0.953 bits per heavy atom. The molecule has 0 rings (SSSR count). The number of hydrogen-bond acceptors (Lipinski definition) is 7. The molecule has 85 heavy (non-hydrogen) atoms. The summed E-state index contributed by atoms with van der Waals surface area (Å²) in [7, 11) is 5.94. The summed E-state index contributed by atoms with van der Waals surface area (Å²) in [6, 6.07) is 0. The highest BCUT2D eigenvalue weighted by atomic mass is 16.7. The monoisotopic (exact) mass is 1170 g/mol. The molecule has 0 fully saturated rings. The normalized spacial score (nSPS) is 14.0. The Morgan fingerprint density at radius 1 is 0.353 bits per heavy atom. The number of ether oxygens (including phenoxy) is 4. The lowest BCUT2D eigenvalue weighted by Gasteiger charge is -2.25. The third-order valence-corrected chi connectivity index (χ3v) is 12.8. The van der Waals surface area contributed by atoms with E-state index in [1.54, 1.807) is 0 Å². The van der Waals surface area contributed by atoms with Crippen molar-refractivity contribution in [3.8, 4) is 0 Å². The zero-order valence-corrected chi connectivity index (χ0v) is 53.9. The summed E-state index contributed by atoms with van der Waals surface area (Å²) >= 11 is 0. The molecule has 0 radical (unpaired) electrons. The lowest BCUT2D eigenvalue weighted by Crippen LogP contribution is -2.40. The number of aliphatic carboxylic acids is 1. The second-order valence-corrected chi connectivity index (χ2v) is 22.0. The van der Waals surface area contributed by atoms with Crippen LogP contribution in [0, 0.1) is 0 Å². The van der Waals surface area contributed by atoms with Crippen molar-refractivity contribution in [2.75, 3.05) is 47.5 Å². The van der Waals surface area contributed by atoms with Gasteiger partial charge in [-0.05, 0) is 141 Å². The summed E-state index contributed by atoms with van der Waals surface area (Å²) in [5.41, 5.74) is 0. The van der Waals surface area contributed by atoms with Crippen molar-refractivity contribution in [2.45, 2.75) is 219 Å². The molecule has 0 aromatic carbocycles. The van der Waals surface area contributed by atoms with E-state index in [0.717, 1.165) is 154 Å². The fourth-order valence-corrected chi connectivity index (χ4v) is 7.93. The Kier molecular flexibility index (Phi) is 59.7. The van der Waals surface area contributed by atoms with Crippen molar-refractivity contribution < 1.29 is 42.9 Å². The van der Waals surface area contributed by atoms with Gasteiger partial charge in [0.1, 0.15) is 13.2 Å². The van der Waals surface area contributed by atoms with Crippen LogP contribution in [0.15, 0.2) is 194 Å². The van der Waals surface area contributed by atoms with E-state index in [9.17, 15) is 19.5 Å². The van der Waals surface area contributed by atoms with Gasteiger partial charge in [0.05, 0.1) is 34.4 Å². The van der Waals surface area contributed by atoms with E-state index in [2.05, 4.69) is 208 Å². The number of rotatable bonds is 57. The maximum Gasteiger partial charge on any atom is 0.361 e. The Morgan fingerprint density at radius 2 is 0.635 bits per heavy atom. The van der Waals surface area contributed by atoms with Crippen molar-refractivity contribution in [3.05, 3.63) is 194 Å². The van der Waals surface area contributed by atoms with Crippen LogP contribution < -0.4 is 0 Å². The number of allylic oxidation sites excluding steroid dienone is 32. The molecule has 474 valence electrons. The van der Waals surface area contributed by atoms with Crippen LogP contribution in [-0.2, 0) is 33.3 Å². The van der Waals surface area contributed by atoms with Crippen LogP contribution in [0.3, 0.4) is 0 Å². The van der Waals surface area contributed by atoms with Gasteiger partial charge in [-0.25, -0.2) is 4.79 Å². The number of carboxylic acid groups (broad SMARTS) is 1. The Bertz CT molecular complexity index is 2090. The zero-order chi connectivity index (χ0) is 61.9. The number of carboxylic acids is 1. The first-order chi connectivity index (χ1) is 41.6. The standard InChI is InChI=1S/C76H117NO8/c1-6-8-10-12-14-16-18-20-22-24-26-28-30-31-32-33-34-35-36-37-38-39-40-41-42-43-45-47-49-51-53-55-57-59-61-63-65-67-74(79)85-72(71-84-76(75(80)81)82-69-68-77(3,4)5)70-83-73(78)66-64-62-60-58-56-54-52-50-48-46-44-29-27-25-23-21-19-17-15-13-11-9-7-2/h8-11,14-17,20-23,26-29,31-32,34-35,37-38,40-41,43,45-46,48-49,51,55,57,72,76H,6-7,12-13,18-19,24-25,30,33,36,39,42,44,47,50,52-54,56,58-71H2,1-5H3/p+1/b10-8-,11-9-,16-14-,17-15-,22-20-,23-21-,28-26-,29-27-,32-31-,35-34-,38-37-,41-40-,45-43-,48-46-,51-49-,57-55-. The molecule has 1 N–H and O–H groups in total. The highest BCUT2D eigenvalue weighted by molar-refractivity contribution is 5.71. The summed E-state index contributed by atoms with van der Waals surface area (Å²) < 4.78 is 22.9. The lowest BCUT2D eigenvalue weighted by molar-refractivity contribution is -0.870. The highest BCUT2D eigenvalue weighted by Gasteiger charge is 2.25. The summed E-state index contributed by atoms with van der Waals surface area (Å²) in [5.74, 6) is -2.09. The van der Waals surface area contributed by atoms with Crippen LogP contribution in [-0.4, -0.2) is 87.4 Å². The quantitative estimate of drug-likeness (QED) is 0.0211. The second-order valence-electron chi connectivity index (χ2n) is 22.0. The number of carbonyl (C=O) groups is 3. The number of hydrogen-bond donors (Lipinski definition) is 1. The molecule has 2 atom stereocenters. The average Bonchev–Trinajstić information content (AvgIpc) is 3.48. The predicted octanol–water partition coefficient (Wildman–Crippen LogP) is 20.2. The molecule has 9 heteroatoms. The third kappa shape index (κ3) is 65.5. The van der Waals surface area contributed by atoms with E-state index in [-0.39, 0.29) is 38.6 Å². The van der Waals surface area contributed by atoms with E-state index in [0.29, 0.717) is 17.4 Å². The van der Waals surface area contributed by atoms with Crippen LogP contribution >= 0.6 is 0 Å². The number of carbonyl (C=O) groups excluding carboxylic acids is 2. The number of unbranched alkanes of at least 4 members (excludes halogenated alkanes) is 10. The van der Waals surface area contributed by atoms with Gasteiger partial charge in [0.15, 0.2) is 6.10 Å². The van der Waals surface area contributed by atoms with Crippen molar-refractivity contribution in [1.29, 1.82) is 0 Å². The zero-order valence-electron chi connectivity index (χ0n) is 53.9. The van der Waals surface area contributed by atoms with Crippen molar-refractivity contribution in [3.63, 3.8) is 0 Å². The molecule has 0 aromatic heterocycles. The molecular formula is C76H118NO8+. The maximum absolute atomic E-state index is 12.9. The fourth-order valence-electron chi connectivity index (χ4n) is 7.93.